The molecular weight excluding hydrogens is 346 g/mol. The molecule has 2 rings (SSSR count). The Bertz CT molecular complexity index is 608. The minimum Gasteiger partial charge on any atom is -0.360 e. The molecule has 7 nitrogen and oxygen atoms in total. The van der Waals surface area contributed by atoms with Crippen LogP contribution in [0.2, 0.25) is 0 Å². The quantitative estimate of drug-likeness (QED) is 0.419. The maximum Gasteiger partial charge on any atom is 0.208 e. The van der Waals surface area contributed by atoms with Crippen LogP contribution in [-0.4, -0.2) is 71.3 Å². The fraction of sp³-hybridized carbons (Fsp3) is 0.667. The molecule has 0 unspecified atom stereocenters. The highest BCUT2D eigenvalue weighted by Gasteiger charge is 2.20. The van der Waals surface area contributed by atoms with Crippen molar-refractivity contribution >= 4 is 32.3 Å². The van der Waals surface area contributed by atoms with Crippen LogP contribution in [0.5, 0.6) is 0 Å². The number of hydrogen-bond acceptors (Lipinski definition) is 5. The fourth-order valence-corrected chi connectivity index (χ4v) is 3.84. The van der Waals surface area contributed by atoms with Gasteiger partial charge < -0.3 is 15.1 Å². The lowest BCUT2D eigenvalue weighted by Crippen LogP contribution is -2.52. The van der Waals surface area contributed by atoms with E-state index in [-0.39, 0.29) is 0 Å². The van der Waals surface area contributed by atoms with Crippen LogP contribution in [-0.2, 0) is 10.0 Å². The van der Waals surface area contributed by atoms with Crippen LogP contribution in [0.25, 0.3) is 0 Å². The number of guanidine groups is 1. The molecular formula is C15H27N5O2S2. The highest BCUT2D eigenvalue weighted by atomic mass is 32.2. The lowest BCUT2D eigenvalue weighted by molar-refractivity contribution is 0.373. The minimum atomic E-state index is -3.11. The van der Waals surface area contributed by atoms with Crippen molar-refractivity contribution in [3.63, 3.8) is 0 Å². The molecule has 24 heavy (non-hydrogen) atoms. The molecule has 2 heterocycles. The van der Waals surface area contributed by atoms with Gasteiger partial charge in [-0.2, -0.15) is 0 Å². The number of sulfonamides is 1. The van der Waals surface area contributed by atoms with Gasteiger partial charge in [-0.3, -0.25) is 4.99 Å². The summed E-state index contributed by atoms with van der Waals surface area (Å²) in [6.07, 6.45) is 1.87. The molecule has 0 aromatic carbocycles. The Morgan fingerprint density at radius 3 is 2.67 bits per heavy atom. The Kier molecular flexibility index (Phi) is 7.32. The number of nitrogens with zero attached hydrogens (tertiary/aromatic N) is 3. The third kappa shape index (κ3) is 6.29. The summed E-state index contributed by atoms with van der Waals surface area (Å²) in [7, 11) is -3.11. The average Bonchev–Trinajstić information content (AvgIpc) is 3.07. The van der Waals surface area contributed by atoms with Gasteiger partial charge in [-0.05, 0) is 30.9 Å². The molecule has 0 bridgehead atoms. The van der Waals surface area contributed by atoms with Gasteiger partial charge in [0.05, 0.1) is 11.3 Å². The zero-order valence-electron chi connectivity index (χ0n) is 14.4. The summed E-state index contributed by atoms with van der Waals surface area (Å²) in [4.78, 5) is 9.30. The maximum absolute atomic E-state index is 11.0. The number of aliphatic imine (C=N–C) groups is 1. The first-order valence-electron chi connectivity index (χ1n) is 8.26. The highest BCUT2D eigenvalue weighted by molar-refractivity contribution is 7.88. The maximum atomic E-state index is 11.0. The lowest BCUT2D eigenvalue weighted by atomic mass is 10.3. The van der Waals surface area contributed by atoms with Gasteiger partial charge in [0, 0.05) is 45.8 Å². The van der Waals surface area contributed by atoms with Crippen molar-refractivity contribution in [1.29, 1.82) is 0 Å². The van der Waals surface area contributed by atoms with Gasteiger partial charge >= 0.3 is 0 Å². The lowest BCUT2D eigenvalue weighted by Gasteiger charge is -2.37. The van der Waals surface area contributed by atoms with E-state index in [0.29, 0.717) is 19.5 Å². The van der Waals surface area contributed by atoms with Crippen LogP contribution in [0.3, 0.4) is 0 Å². The molecule has 9 heteroatoms. The molecule has 0 amide bonds. The Morgan fingerprint density at radius 1 is 1.33 bits per heavy atom. The third-order valence-corrected chi connectivity index (χ3v) is 5.35. The first kappa shape index (κ1) is 19.0. The van der Waals surface area contributed by atoms with Crippen molar-refractivity contribution in [3.8, 4) is 0 Å². The van der Waals surface area contributed by atoms with Crippen molar-refractivity contribution in [2.24, 2.45) is 4.99 Å². The van der Waals surface area contributed by atoms with Crippen LogP contribution in [0.1, 0.15) is 13.3 Å². The molecule has 1 aromatic heterocycles. The standard InChI is InChI=1S/C15H27N5O2S2/c1-3-16-15(17-7-5-8-18-24(2,21)22)20-11-9-19(10-12-20)14-6-4-13-23-14/h4,6,13,18H,3,5,7-12H2,1-2H3,(H,16,17). The Labute approximate surface area is 148 Å². The van der Waals surface area contributed by atoms with Crippen molar-refractivity contribution in [1.82, 2.24) is 14.9 Å². The molecule has 0 spiro atoms. The number of thiophene rings is 1. The van der Waals surface area contributed by atoms with E-state index in [1.54, 1.807) is 11.3 Å². The van der Waals surface area contributed by atoms with Crippen molar-refractivity contribution in [2.45, 2.75) is 13.3 Å². The Morgan fingerprint density at radius 2 is 2.08 bits per heavy atom. The van der Waals surface area contributed by atoms with Gasteiger partial charge in [-0.25, -0.2) is 13.1 Å². The molecule has 136 valence electrons. The number of anilines is 1. The van der Waals surface area contributed by atoms with E-state index in [1.165, 1.54) is 11.3 Å². The Balaban J connectivity index is 1.81. The van der Waals surface area contributed by atoms with Gasteiger partial charge in [-0.15, -0.1) is 11.3 Å². The molecule has 0 radical (unpaired) electrons. The minimum absolute atomic E-state index is 0.424. The molecule has 0 atom stereocenters. The smallest absolute Gasteiger partial charge is 0.208 e. The first-order chi connectivity index (χ1) is 11.5. The summed E-state index contributed by atoms with van der Waals surface area (Å²) in [6, 6.07) is 4.25. The van der Waals surface area contributed by atoms with E-state index < -0.39 is 10.0 Å². The van der Waals surface area contributed by atoms with Crippen LogP contribution in [0.4, 0.5) is 5.00 Å². The zero-order valence-corrected chi connectivity index (χ0v) is 16.0. The van der Waals surface area contributed by atoms with Crippen LogP contribution in [0, 0.1) is 0 Å². The molecule has 0 saturated carbocycles. The number of piperazine rings is 1. The summed E-state index contributed by atoms with van der Waals surface area (Å²) >= 11 is 1.78. The summed E-state index contributed by atoms with van der Waals surface area (Å²) in [6.45, 7) is 7.76. The van der Waals surface area contributed by atoms with Crippen molar-refractivity contribution < 1.29 is 8.42 Å². The normalized spacial score (nSPS) is 16.5. The second-order valence-corrected chi connectivity index (χ2v) is 8.44. The molecule has 0 aliphatic carbocycles. The van der Waals surface area contributed by atoms with E-state index in [2.05, 4.69) is 49.3 Å². The number of rotatable bonds is 7. The molecule has 1 aliphatic rings. The largest absolute Gasteiger partial charge is 0.360 e. The molecule has 1 aromatic rings. The second kappa shape index (κ2) is 9.24. The second-order valence-electron chi connectivity index (χ2n) is 5.68. The number of nitrogens with one attached hydrogen (secondary N) is 2. The van der Waals surface area contributed by atoms with Gasteiger partial charge in [-0.1, -0.05) is 0 Å². The third-order valence-electron chi connectivity index (χ3n) is 3.69. The van der Waals surface area contributed by atoms with Crippen LogP contribution in [0.15, 0.2) is 22.5 Å². The van der Waals surface area contributed by atoms with E-state index in [4.69, 9.17) is 0 Å². The van der Waals surface area contributed by atoms with Crippen molar-refractivity contribution in [3.05, 3.63) is 17.5 Å². The predicted molar refractivity (Wildman–Crippen MR) is 102 cm³/mol. The summed E-state index contributed by atoms with van der Waals surface area (Å²) < 4.78 is 24.6. The average molecular weight is 374 g/mol. The number of hydrogen-bond donors (Lipinski definition) is 2. The molecule has 1 fully saturated rings. The molecule has 1 saturated heterocycles. The highest BCUT2D eigenvalue weighted by Crippen LogP contribution is 2.22. The molecule has 2 N–H and O–H groups in total. The van der Waals surface area contributed by atoms with Gasteiger partial charge in [0.2, 0.25) is 10.0 Å². The zero-order chi connectivity index (χ0) is 17.4. The molecule has 1 aliphatic heterocycles. The van der Waals surface area contributed by atoms with Gasteiger partial charge in [0.15, 0.2) is 5.96 Å². The van der Waals surface area contributed by atoms with E-state index >= 15 is 0 Å². The topological polar surface area (TPSA) is 77.0 Å². The van der Waals surface area contributed by atoms with E-state index in [9.17, 15) is 8.42 Å². The summed E-state index contributed by atoms with van der Waals surface area (Å²) in [5.41, 5.74) is 0. The van der Waals surface area contributed by atoms with Crippen molar-refractivity contribution in [2.75, 3.05) is 57.0 Å². The van der Waals surface area contributed by atoms with Gasteiger partial charge in [0.25, 0.3) is 0 Å². The Hall–Kier alpha value is -1.32. The van der Waals surface area contributed by atoms with Crippen LogP contribution >= 0.6 is 11.3 Å². The van der Waals surface area contributed by atoms with Crippen LogP contribution < -0.4 is 14.9 Å². The summed E-state index contributed by atoms with van der Waals surface area (Å²) in [5.74, 6) is 0.919. The van der Waals surface area contributed by atoms with E-state index in [0.717, 1.165) is 38.7 Å². The van der Waals surface area contributed by atoms with Gasteiger partial charge in [0.1, 0.15) is 0 Å². The monoisotopic (exact) mass is 373 g/mol. The summed E-state index contributed by atoms with van der Waals surface area (Å²) in [5, 5.41) is 6.76. The fourth-order valence-electron chi connectivity index (χ4n) is 2.54. The first-order valence-corrected chi connectivity index (χ1v) is 11.0. The predicted octanol–water partition coefficient (Wildman–Crippen LogP) is 0.775. The van der Waals surface area contributed by atoms with E-state index in [1.807, 2.05) is 0 Å². The SMILES string of the molecule is CCNC(=NCCCNS(C)(=O)=O)N1CCN(c2cccs2)CC1.